The van der Waals surface area contributed by atoms with Gasteiger partial charge in [-0.25, -0.2) is 0 Å². The van der Waals surface area contributed by atoms with Gasteiger partial charge in [-0.2, -0.15) is 5.10 Å². The zero-order chi connectivity index (χ0) is 21.0. The van der Waals surface area contributed by atoms with Crippen LogP contribution in [0.5, 0.6) is 0 Å². The average Bonchev–Trinajstić information content (AvgIpc) is 3.43. The molecule has 0 aliphatic carbocycles. The Morgan fingerprint density at radius 3 is 2.68 bits per heavy atom. The van der Waals surface area contributed by atoms with Crippen LogP contribution < -0.4 is 5.32 Å². The van der Waals surface area contributed by atoms with E-state index >= 15 is 0 Å². The SMILES string of the molecule is CC(NCc1cn(Cc2ccccc2)nc1-c1cccnc1)c1nnc2ccccn12. The highest BCUT2D eigenvalue weighted by Crippen LogP contribution is 2.23. The Kier molecular flexibility index (Phi) is 5.24. The predicted molar refractivity (Wildman–Crippen MR) is 119 cm³/mol. The van der Waals surface area contributed by atoms with Crippen molar-refractivity contribution in [1.29, 1.82) is 0 Å². The lowest BCUT2D eigenvalue weighted by Crippen LogP contribution is -2.20. The van der Waals surface area contributed by atoms with Crippen molar-refractivity contribution < 1.29 is 0 Å². The zero-order valence-electron chi connectivity index (χ0n) is 17.3. The highest BCUT2D eigenvalue weighted by Gasteiger charge is 2.16. The molecule has 0 saturated carbocycles. The van der Waals surface area contributed by atoms with E-state index in [1.165, 1.54) is 5.56 Å². The van der Waals surface area contributed by atoms with Gasteiger partial charge in [-0.1, -0.05) is 36.4 Å². The molecule has 0 radical (unpaired) electrons. The molecule has 0 saturated heterocycles. The van der Waals surface area contributed by atoms with Gasteiger partial charge in [0.2, 0.25) is 0 Å². The standard InChI is InChI=1S/C24H23N7/c1-18(24-28-27-22-11-5-6-13-31(22)24)26-15-21-17-30(16-19-8-3-2-4-9-19)29-23(21)20-10-7-12-25-14-20/h2-14,17-18,26H,15-16H2,1H3. The van der Waals surface area contributed by atoms with E-state index in [9.17, 15) is 0 Å². The minimum atomic E-state index is 0.0246. The average molecular weight is 409 g/mol. The van der Waals surface area contributed by atoms with Crippen LogP contribution in [0.3, 0.4) is 0 Å². The summed E-state index contributed by atoms with van der Waals surface area (Å²) in [6, 6.07) is 20.3. The maximum absolute atomic E-state index is 4.87. The van der Waals surface area contributed by atoms with Crippen LogP contribution in [0.15, 0.2) is 85.5 Å². The van der Waals surface area contributed by atoms with Crippen molar-refractivity contribution in [2.24, 2.45) is 0 Å². The van der Waals surface area contributed by atoms with E-state index in [1.54, 1.807) is 6.20 Å². The second-order valence-electron chi connectivity index (χ2n) is 7.52. The number of hydrogen-bond acceptors (Lipinski definition) is 5. The number of fused-ring (bicyclic) bond motifs is 1. The summed E-state index contributed by atoms with van der Waals surface area (Å²) in [6.45, 7) is 3.47. The number of nitrogens with zero attached hydrogens (tertiary/aromatic N) is 6. The van der Waals surface area contributed by atoms with Crippen LogP contribution in [-0.2, 0) is 13.1 Å². The minimum Gasteiger partial charge on any atom is -0.303 e. The molecule has 4 aromatic heterocycles. The van der Waals surface area contributed by atoms with Crippen LogP contribution in [0.25, 0.3) is 16.9 Å². The van der Waals surface area contributed by atoms with Gasteiger partial charge in [0, 0.05) is 42.5 Å². The molecule has 1 N–H and O–H groups in total. The van der Waals surface area contributed by atoms with Crippen molar-refractivity contribution in [1.82, 2.24) is 34.7 Å². The summed E-state index contributed by atoms with van der Waals surface area (Å²) in [5.41, 5.74) is 5.12. The zero-order valence-corrected chi connectivity index (χ0v) is 17.3. The fourth-order valence-corrected chi connectivity index (χ4v) is 3.70. The summed E-state index contributed by atoms with van der Waals surface area (Å²) in [5.74, 6) is 0.884. The summed E-state index contributed by atoms with van der Waals surface area (Å²) in [7, 11) is 0. The van der Waals surface area contributed by atoms with Crippen molar-refractivity contribution in [3.8, 4) is 11.3 Å². The van der Waals surface area contributed by atoms with Gasteiger partial charge in [0.25, 0.3) is 0 Å². The lowest BCUT2D eigenvalue weighted by molar-refractivity contribution is 0.541. The maximum Gasteiger partial charge on any atom is 0.160 e. The van der Waals surface area contributed by atoms with Crippen molar-refractivity contribution in [2.75, 3.05) is 0 Å². The number of benzene rings is 1. The lowest BCUT2D eigenvalue weighted by Gasteiger charge is -2.12. The third-order valence-electron chi connectivity index (χ3n) is 5.29. The van der Waals surface area contributed by atoms with Crippen molar-refractivity contribution in [3.63, 3.8) is 0 Å². The highest BCUT2D eigenvalue weighted by molar-refractivity contribution is 5.61. The topological polar surface area (TPSA) is 72.9 Å². The number of aromatic nitrogens is 6. The van der Waals surface area contributed by atoms with Gasteiger partial charge in [0.05, 0.1) is 18.3 Å². The van der Waals surface area contributed by atoms with E-state index in [0.717, 1.165) is 34.8 Å². The summed E-state index contributed by atoms with van der Waals surface area (Å²) < 4.78 is 4.00. The Morgan fingerprint density at radius 1 is 0.968 bits per heavy atom. The first kappa shape index (κ1) is 19.1. The Morgan fingerprint density at radius 2 is 1.84 bits per heavy atom. The number of hydrogen-bond donors (Lipinski definition) is 1. The van der Waals surface area contributed by atoms with Gasteiger partial charge < -0.3 is 5.32 Å². The fraction of sp³-hybridized carbons (Fsp3) is 0.167. The molecule has 5 aromatic rings. The monoisotopic (exact) mass is 409 g/mol. The molecule has 31 heavy (non-hydrogen) atoms. The molecule has 0 bridgehead atoms. The Balaban J connectivity index is 1.40. The smallest absolute Gasteiger partial charge is 0.160 e. The van der Waals surface area contributed by atoms with Crippen LogP contribution in [-0.4, -0.2) is 29.4 Å². The third kappa shape index (κ3) is 4.08. The minimum absolute atomic E-state index is 0.0246. The first-order valence-corrected chi connectivity index (χ1v) is 10.3. The van der Waals surface area contributed by atoms with E-state index < -0.39 is 0 Å². The molecule has 5 rings (SSSR count). The van der Waals surface area contributed by atoms with Gasteiger partial charge in [-0.15, -0.1) is 10.2 Å². The first-order valence-electron chi connectivity index (χ1n) is 10.3. The van der Waals surface area contributed by atoms with E-state index in [-0.39, 0.29) is 6.04 Å². The Labute approximate surface area is 180 Å². The van der Waals surface area contributed by atoms with Crippen LogP contribution >= 0.6 is 0 Å². The van der Waals surface area contributed by atoms with Crippen LogP contribution in [0, 0.1) is 0 Å². The second-order valence-corrected chi connectivity index (χ2v) is 7.52. The van der Waals surface area contributed by atoms with Gasteiger partial charge in [0.1, 0.15) is 0 Å². The quantitative estimate of drug-likeness (QED) is 0.442. The predicted octanol–water partition coefficient (Wildman–Crippen LogP) is 3.89. The summed E-state index contributed by atoms with van der Waals surface area (Å²) in [4.78, 5) is 4.27. The van der Waals surface area contributed by atoms with E-state index in [1.807, 2.05) is 70.0 Å². The first-order chi connectivity index (χ1) is 15.3. The molecule has 0 aliphatic rings. The summed E-state index contributed by atoms with van der Waals surface area (Å²) in [5, 5.41) is 17.1. The molecular weight excluding hydrogens is 386 g/mol. The Hall–Kier alpha value is -3.84. The van der Waals surface area contributed by atoms with Crippen molar-refractivity contribution in [2.45, 2.75) is 26.1 Å². The third-order valence-corrected chi connectivity index (χ3v) is 5.29. The fourth-order valence-electron chi connectivity index (χ4n) is 3.70. The van der Waals surface area contributed by atoms with Crippen LogP contribution in [0.1, 0.15) is 29.9 Å². The Bertz CT molecular complexity index is 1280. The largest absolute Gasteiger partial charge is 0.303 e. The number of pyridine rings is 2. The molecule has 0 fully saturated rings. The molecule has 0 amide bonds. The summed E-state index contributed by atoms with van der Waals surface area (Å²) in [6.07, 6.45) is 7.73. The van der Waals surface area contributed by atoms with Crippen LogP contribution in [0.2, 0.25) is 0 Å². The molecule has 7 heteroatoms. The molecule has 4 heterocycles. The van der Waals surface area contributed by atoms with E-state index in [0.29, 0.717) is 6.54 Å². The van der Waals surface area contributed by atoms with Crippen molar-refractivity contribution in [3.05, 3.63) is 102 Å². The van der Waals surface area contributed by atoms with Gasteiger partial charge in [-0.05, 0) is 36.8 Å². The molecule has 154 valence electrons. The second kappa shape index (κ2) is 8.49. The van der Waals surface area contributed by atoms with Gasteiger partial charge in [-0.3, -0.25) is 14.1 Å². The maximum atomic E-state index is 4.87. The van der Waals surface area contributed by atoms with Gasteiger partial charge in [0.15, 0.2) is 11.5 Å². The highest BCUT2D eigenvalue weighted by atomic mass is 15.3. The number of rotatable bonds is 7. The van der Waals surface area contributed by atoms with Crippen molar-refractivity contribution >= 4 is 5.65 Å². The molecular formula is C24H23N7. The normalized spacial score (nSPS) is 12.3. The lowest BCUT2D eigenvalue weighted by atomic mass is 10.1. The van der Waals surface area contributed by atoms with E-state index in [2.05, 4.69) is 45.8 Å². The molecule has 1 unspecified atom stereocenters. The molecule has 1 atom stereocenters. The molecule has 7 nitrogen and oxygen atoms in total. The molecule has 0 aliphatic heterocycles. The summed E-state index contributed by atoms with van der Waals surface area (Å²) >= 11 is 0. The molecule has 0 spiro atoms. The molecule has 1 aromatic carbocycles. The van der Waals surface area contributed by atoms with Crippen LogP contribution in [0.4, 0.5) is 0 Å². The van der Waals surface area contributed by atoms with E-state index in [4.69, 9.17) is 5.10 Å². The van der Waals surface area contributed by atoms with Gasteiger partial charge >= 0.3 is 0 Å². The number of nitrogens with one attached hydrogen (secondary N) is 1.